The van der Waals surface area contributed by atoms with Crippen molar-refractivity contribution in [3.8, 4) is 11.5 Å². The van der Waals surface area contributed by atoms with Crippen molar-refractivity contribution in [1.82, 2.24) is 9.91 Å². The van der Waals surface area contributed by atoms with Crippen molar-refractivity contribution in [2.45, 2.75) is 46.1 Å². The maximum atomic E-state index is 13.7. The molecule has 4 rings (SSSR count). The van der Waals surface area contributed by atoms with E-state index >= 15 is 0 Å². The van der Waals surface area contributed by atoms with Gasteiger partial charge in [-0.3, -0.25) is 14.5 Å². The number of benzene rings is 2. The number of hydrazone groups is 1. The number of carbonyl (C=O) groups excluding carboxylic acids is 2. The van der Waals surface area contributed by atoms with Gasteiger partial charge in [-0.25, -0.2) is 5.01 Å². The van der Waals surface area contributed by atoms with Crippen LogP contribution < -0.4 is 9.47 Å². The molecule has 0 aliphatic carbocycles. The van der Waals surface area contributed by atoms with E-state index < -0.39 is 0 Å². The van der Waals surface area contributed by atoms with E-state index in [1.807, 2.05) is 30.0 Å². The number of esters is 1. The molecule has 0 bridgehead atoms. The summed E-state index contributed by atoms with van der Waals surface area (Å²) in [5.41, 5.74) is 5.01. The second kappa shape index (κ2) is 11.8. The average Bonchev–Trinajstić information content (AvgIpc) is 3.33. The minimum absolute atomic E-state index is 0.0861. The van der Waals surface area contributed by atoms with Crippen LogP contribution in [0.4, 0.5) is 0 Å². The molecule has 0 aromatic heterocycles. The van der Waals surface area contributed by atoms with Crippen LogP contribution in [0.25, 0.3) is 0 Å². The lowest BCUT2D eigenvalue weighted by molar-refractivity contribution is -0.150. The quantitative estimate of drug-likeness (QED) is 0.497. The predicted molar refractivity (Wildman–Crippen MR) is 142 cm³/mol. The van der Waals surface area contributed by atoms with Gasteiger partial charge in [-0.15, -0.1) is 0 Å². The molecule has 8 nitrogen and oxygen atoms in total. The summed E-state index contributed by atoms with van der Waals surface area (Å²) in [6, 6.07) is 11.7. The summed E-state index contributed by atoms with van der Waals surface area (Å²) in [6.45, 7) is 7.82. The van der Waals surface area contributed by atoms with Crippen molar-refractivity contribution >= 4 is 17.6 Å². The van der Waals surface area contributed by atoms with Crippen LogP contribution in [0, 0.1) is 19.8 Å². The van der Waals surface area contributed by atoms with Gasteiger partial charge in [0.2, 0.25) is 0 Å². The second-order valence-corrected chi connectivity index (χ2v) is 9.76. The van der Waals surface area contributed by atoms with Crippen LogP contribution >= 0.6 is 0 Å². The number of aryl methyl sites for hydroxylation is 2. The summed E-state index contributed by atoms with van der Waals surface area (Å²) < 4.78 is 16.2. The normalized spacial score (nSPS) is 19.9. The van der Waals surface area contributed by atoms with Crippen LogP contribution in [0.3, 0.4) is 0 Å². The number of methoxy groups -OCH3 is 2. The Kier molecular flexibility index (Phi) is 8.48. The van der Waals surface area contributed by atoms with Crippen molar-refractivity contribution in [3.05, 3.63) is 58.7 Å². The Morgan fingerprint density at radius 3 is 2.59 bits per heavy atom. The fraction of sp³-hybridized carbons (Fsp3) is 0.483. The first-order chi connectivity index (χ1) is 17.8. The van der Waals surface area contributed by atoms with Gasteiger partial charge in [0.15, 0.2) is 0 Å². The molecule has 2 aliphatic rings. The van der Waals surface area contributed by atoms with Gasteiger partial charge < -0.3 is 14.2 Å². The summed E-state index contributed by atoms with van der Waals surface area (Å²) in [4.78, 5) is 28.1. The fourth-order valence-electron chi connectivity index (χ4n) is 5.30. The number of piperidine rings is 1. The Balaban J connectivity index is 1.62. The predicted octanol–water partition coefficient (Wildman–Crippen LogP) is 4.27. The van der Waals surface area contributed by atoms with Crippen LogP contribution in [0.2, 0.25) is 0 Å². The van der Waals surface area contributed by atoms with E-state index in [4.69, 9.17) is 19.3 Å². The second-order valence-electron chi connectivity index (χ2n) is 9.76. The number of nitrogens with zero attached hydrogens (tertiary/aromatic N) is 3. The average molecular weight is 508 g/mol. The van der Waals surface area contributed by atoms with Gasteiger partial charge in [0, 0.05) is 24.6 Å². The molecule has 1 saturated heterocycles. The summed E-state index contributed by atoms with van der Waals surface area (Å²) in [5, 5.41) is 6.48. The van der Waals surface area contributed by atoms with Crippen LogP contribution in [-0.4, -0.2) is 68.0 Å². The number of carbonyl (C=O) groups is 2. The van der Waals surface area contributed by atoms with E-state index in [2.05, 4.69) is 32.0 Å². The first-order valence-electron chi connectivity index (χ1n) is 12.9. The monoisotopic (exact) mass is 507 g/mol. The highest BCUT2D eigenvalue weighted by molar-refractivity contribution is 6.05. The summed E-state index contributed by atoms with van der Waals surface area (Å²) >= 11 is 0. The fourth-order valence-corrected chi connectivity index (χ4v) is 5.30. The lowest BCUT2D eigenvalue weighted by Crippen LogP contribution is -2.44. The highest BCUT2D eigenvalue weighted by atomic mass is 16.5. The third-order valence-electron chi connectivity index (χ3n) is 7.15. The van der Waals surface area contributed by atoms with E-state index in [1.54, 1.807) is 19.2 Å². The van der Waals surface area contributed by atoms with E-state index in [9.17, 15) is 9.59 Å². The highest BCUT2D eigenvalue weighted by Gasteiger charge is 2.36. The molecule has 0 spiro atoms. The Bertz CT molecular complexity index is 1180. The highest BCUT2D eigenvalue weighted by Crippen LogP contribution is 2.37. The zero-order valence-corrected chi connectivity index (χ0v) is 22.5. The van der Waals surface area contributed by atoms with Crippen LogP contribution in [0.1, 0.15) is 54.5 Å². The van der Waals surface area contributed by atoms with Crippen LogP contribution in [0.5, 0.6) is 11.5 Å². The van der Waals surface area contributed by atoms with Crippen molar-refractivity contribution in [1.29, 1.82) is 0 Å². The molecule has 198 valence electrons. The van der Waals surface area contributed by atoms with Crippen molar-refractivity contribution in [2.24, 2.45) is 11.0 Å². The van der Waals surface area contributed by atoms with E-state index in [1.165, 1.54) is 5.56 Å². The van der Waals surface area contributed by atoms with Crippen LogP contribution in [0.15, 0.2) is 41.5 Å². The van der Waals surface area contributed by atoms with Gasteiger partial charge in [-0.05, 0) is 63.4 Å². The smallest absolute Gasteiger partial charge is 0.310 e. The summed E-state index contributed by atoms with van der Waals surface area (Å²) in [5.74, 6) is 0.884. The molecule has 2 heterocycles. The van der Waals surface area contributed by atoms with Crippen molar-refractivity contribution < 1.29 is 23.8 Å². The molecular formula is C29H37N3O5. The molecule has 2 aromatic carbocycles. The zero-order valence-electron chi connectivity index (χ0n) is 22.5. The molecule has 0 N–H and O–H groups in total. The maximum absolute atomic E-state index is 13.7. The molecule has 1 fully saturated rings. The molecule has 8 heteroatoms. The summed E-state index contributed by atoms with van der Waals surface area (Å²) in [7, 11) is 3.24. The number of likely N-dealkylation sites (tertiary alicyclic amines) is 1. The van der Waals surface area contributed by atoms with Gasteiger partial charge >= 0.3 is 5.97 Å². The van der Waals surface area contributed by atoms with Crippen molar-refractivity contribution in [2.75, 3.05) is 40.5 Å². The zero-order chi connectivity index (χ0) is 26.5. The van der Waals surface area contributed by atoms with Gasteiger partial charge in [0.25, 0.3) is 5.91 Å². The van der Waals surface area contributed by atoms with Crippen molar-refractivity contribution in [3.63, 3.8) is 0 Å². The number of hydrogen-bond donors (Lipinski definition) is 0. The standard InChI is InChI=1S/C29H37N3O5/c1-6-37-29(34)21-8-7-13-31(17-21)18-28(33)32-26(23-11-9-19(2)14-20(23)3)16-25(30-32)24-12-10-22(35-4)15-27(24)36-5/h9-12,14-15,21,26H,6-8,13,16-18H2,1-5H3/t21-,26+/m0/s1. The molecule has 2 aromatic rings. The Morgan fingerprint density at radius 1 is 1.08 bits per heavy atom. The minimum Gasteiger partial charge on any atom is -0.497 e. The molecule has 0 unspecified atom stereocenters. The van der Waals surface area contributed by atoms with Gasteiger partial charge in [-0.1, -0.05) is 23.8 Å². The largest absolute Gasteiger partial charge is 0.497 e. The molecule has 1 amide bonds. The number of rotatable bonds is 8. The lowest BCUT2D eigenvalue weighted by Gasteiger charge is -2.32. The maximum Gasteiger partial charge on any atom is 0.310 e. The molecule has 2 aliphatic heterocycles. The number of hydrogen-bond acceptors (Lipinski definition) is 7. The molecular weight excluding hydrogens is 470 g/mol. The minimum atomic E-state index is -0.222. The van der Waals surface area contributed by atoms with Crippen LogP contribution in [-0.2, 0) is 14.3 Å². The number of amides is 1. The van der Waals surface area contributed by atoms with Gasteiger partial charge in [0.1, 0.15) is 11.5 Å². The topological polar surface area (TPSA) is 80.7 Å². The Labute approximate surface area is 219 Å². The number of ether oxygens (including phenoxy) is 3. The lowest BCUT2D eigenvalue weighted by atomic mass is 9.93. The first kappa shape index (κ1) is 26.7. The molecule has 0 saturated carbocycles. The van der Waals surface area contributed by atoms with E-state index in [-0.39, 0.29) is 30.4 Å². The Morgan fingerprint density at radius 2 is 1.89 bits per heavy atom. The van der Waals surface area contributed by atoms with Gasteiger partial charge in [0.05, 0.1) is 45.0 Å². The molecule has 37 heavy (non-hydrogen) atoms. The first-order valence-corrected chi connectivity index (χ1v) is 12.9. The third kappa shape index (κ3) is 5.96. The molecule has 2 atom stereocenters. The third-order valence-corrected chi connectivity index (χ3v) is 7.15. The Hall–Kier alpha value is -3.39. The van der Waals surface area contributed by atoms with E-state index in [0.29, 0.717) is 31.1 Å². The SMILES string of the molecule is CCOC(=O)[C@H]1CCCN(CC(=O)N2N=C(c3ccc(OC)cc3OC)C[C@@H]2c2ccc(C)cc2C)C1. The van der Waals surface area contributed by atoms with E-state index in [0.717, 1.165) is 41.8 Å². The molecule has 0 radical (unpaired) electrons. The van der Waals surface area contributed by atoms with Gasteiger partial charge in [-0.2, -0.15) is 5.10 Å². The summed E-state index contributed by atoms with van der Waals surface area (Å²) in [6.07, 6.45) is 2.22.